The fraction of sp³-hybridized carbons (Fsp3) is 0.0312. The number of rotatable bonds is 6. The maximum atomic E-state index is 14.9. The van der Waals surface area contributed by atoms with Crippen molar-refractivity contribution in [2.24, 2.45) is 0 Å². The molecule has 0 spiro atoms. The van der Waals surface area contributed by atoms with Crippen LogP contribution in [0.4, 0.5) is 43.9 Å². The summed E-state index contributed by atoms with van der Waals surface area (Å²) in [5.74, 6) is -1.96. The van der Waals surface area contributed by atoms with E-state index in [2.05, 4.69) is 0 Å². The highest BCUT2D eigenvalue weighted by molar-refractivity contribution is 6.23. The van der Waals surface area contributed by atoms with Crippen molar-refractivity contribution in [2.75, 3.05) is 0 Å². The predicted molar refractivity (Wildman–Crippen MR) is 282 cm³/mol. The molecule has 13 rings (SSSR count). The number of nitrogens with zero attached hydrogens (tertiary/aromatic N) is 2. The van der Waals surface area contributed by atoms with Crippen LogP contribution in [0.3, 0.4) is 0 Å². The molecule has 0 saturated heterocycles. The molecule has 0 atom stereocenters. The van der Waals surface area contributed by atoms with Crippen LogP contribution in [0.5, 0.6) is 0 Å². The van der Waals surface area contributed by atoms with Crippen molar-refractivity contribution in [3.63, 3.8) is 0 Å². The summed E-state index contributed by atoms with van der Waals surface area (Å²) < 4.78 is 145. The third-order valence-corrected chi connectivity index (χ3v) is 14.4. The zero-order valence-electron chi connectivity index (χ0n) is 39.3. The first kappa shape index (κ1) is 46.6. The Hall–Kier alpha value is -9.16. The van der Waals surface area contributed by atoms with Gasteiger partial charge in [-0.3, -0.25) is 0 Å². The minimum Gasteiger partial charge on any atom is -0.309 e. The number of halogens is 10. The molecule has 0 N–H and O–H groups in total. The Morgan fingerprint density at radius 2 is 0.500 bits per heavy atom. The summed E-state index contributed by atoms with van der Waals surface area (Å²) in [5.41, 5.74) is 7.80. The van der Waals surface area contributed by atoms with Crippen LogP contribution >= 0.6 is 0 Å². The van der Waals surface area contributed by atoms with E-state index in [4.69, 9.17) is 0 Å². The van der Waals surface area contributed by atoms with Gasteiger partial charge in [-0.05, 0) is 187 Å². The predicted octanol–water partition coefficient (Wildman–Crippen LogP) is 19.4. The lowest BCUT2D eigenvalue weighted by molar-refractivity contribution is -0.138. The van der Waals surface area contributed by atoms with Gasteiger partial charge in [0.1, 0.15) is 23.3 Å². The highest BCUT2D eigenvalue weighted by atomic mass is 19.4. The molecule has 13 aromatic rings. The van der Waals surface area contributed by atoms with Crippen LogP contribution in [0.25, 0.3) is 121 Å². The molecule has 0 aliphatic rings. The Morgan fingerprint density at radius 1 is 0.237 bits per heavy atom. The Balaban J connectivity index is 1.10. The third kappa shape index (κ3) is 7.73. The summed E-state index contributed by atoms with van der Waals surface area (Å²) in [6, 6.07) is 54.2. The summed E-state index contributed by atoms with van der Waals surface area (Å²) in [5, 5.41) is 5.05. The molecule has 76 heavy (non-hydrogen) atoms. The van der Waals surface area contributed by atoms with Gasteiger partial charge in [-0.15, -0.1) is 0 Å². The second-order valence-electron chi connectivity index (χ2n) is 18.8. The van der Waals surface area contributed by atoms with Crippen LogP contribution in [0.1, 0.15) is 11.1 Å². The van der Waals surface area contributed by atoms with E-state index in [-0.39, 0.29) is 0 Å². The Labute approximate surface area is 425 Å². The Bertz CT molecular complexity index is 4080. The highest BCUT2D eigenvalue weighted by Gasteiger charge is 2.31. The summed E-state index contributed by atoms with van der Waals surface area (Å²) in [4.78, 5) is 0. The third-order valence-electron chi connectivity index (χ3n) is 14.4. The number of hydrogen-bond donors (Lipinski definition) is 0. The van der Waals surface area contributed by atoms with Gasteiger partial charge in [0, 0.05) is 32.9 Å². The standard InChI is InChI=1S/C64H34F10N2/c65-43-17-25-57-51(29-43)52-30-44(66)18-26-58(52)75(57)47-22-24-50-55(33-47)61(39-5-1-35(2-6-39)37-9-13-41(14-10-37)63(69,70)71)49-23-21-48(76-59-27-19-45(67)31-53(59)54-32-46(68)20-28-60(54)76)34-56(49)62(50)40-7-3-36(4-8-40)38-11-15-42(16-12-38)64(72,73)74/h1-34H. The lowest BCUT2D eigenvalue weighted by Gasteiger charge is -2.21. The molecular formula is C64H34F10N2. The van der Waals surface area contributed by atoms with Crippen molar-refractivity contribution in [2.45, 2.75) is 12.4 Å². The van der Waals surface area contributed by atoms with Crippen LogP contribution in [-0.2, 0) is 12.4 Å². The zero-order valence-corrected chi connectivity index (χ0v) is 39.3. The summed E-state index contributed by atoms with van der Waals surface area (Å²) in [7, 11) is 0. The van der Waals surface area contributed by atoms with Gasteiger partial charge in [-0.1, -0.05) is 84.9 Å². The smallest absolute Gasteiger partial charge is 0.309 e. The minimum atomic E-state index is -4.51. The fourth-order valence-electron chi connectivity index (χ4n) is 11.0. The van der Waals surface area contributed by atoms with E-state index in [1.54, 1.807) is 24.3 Å². The summed E-state index contributed by atoms with van der Waals surface area (Å²) in [6.45, 7) is 0. The monoisotopic (exact) mass is 1020 g/mol. The molecule has 12 heteroatoms. The average Bonchev–Trinajstić information content (AvgIpc) is 3.95. The lowest BCUT2D eigenvalue weighted by atomic mass is 9.85. The van der Waals surface area contributed by atoms with Gasteiger partial charge < -0.3 is 9.13 Å². The van der Waals surface area contributed by atoms with Gasteiger partial charge in [-0.25, -0.2) is 17.6 Å². The van der Waals surface area contributed by atoms with E-state index in [0.717, 1.165) is 68.1 Å². The molecule has 0 radical (unpaired) electrons. The first-order valence-electron chi connectivity index (χ1n) is 23.9. The van der Waals surface area contributed by atoms with Crippen molar-refractivity contribution < 1.29 is 43.9 Å². The first-order chi connectivity index (χ1) is 36.6. The lowest BCUT2D eigenvalue weighted by Crippen LogP contribution is -2.03. The number of alkyl halides is 6. The Kier molecular flexibility index (Phi) is 10.6. The molecule has 2 heterocycles. The molecular weight excluding hydrogens is 987 g/mol. The number of aromatic nitrogens is 2. The second kappa shape index (κ2) is 17.2. The van der Waals surface area contributed by atoms with Gasteiger partial charge in [0.2, 0.25) is 0 Å². The van der Waals surface area contributed by atoms with Crippen molar-refractivity contribution >= 4 is 65.2 Å². The van der Waals surface area contributed by atoms with Gasteiger partial charge in [0.05, 0.1) is 33.2 Å². The van der Waals surface area contributed by atoms with E-state index in [0.29, 0.717) is 77.2 Å². The SMILES string of the molecule is Fc1ccc2c(c1)c1cc(F)ccc1n2-c1ccc2c(-c3ccc(-c4ccc(C(F)(F)F)cc4)cc3)c3cc(-n4c5ccc(F)cc5c5cc(F)ccc54)ccc3c(-c3ccc(-c4ccc(C(F)(F)F)cc4)cc3)c2c1. The topological polar surface area (TPSA) is 9.86 Å². The molecule has 11 aromatic carbocycles. The van der Waals surface area contributed by atoms with Crippen molar-refractivity contribution in [1.29, 1.82) is 0 Å². The normalized spacial score (nSPS) is 12.3. The largest absolute Gasteiger partial charge is 0.416 e. The van der Waals surface area contributed by atoms with Crippen molar-refractivity contribution in [3.8, 4) is 55.9 Å². The minimum absolute atomic E-state index is 0.489. The fourth-order valence-corrected chi connectivity index (χ4v) is 11.0. The zero-order chi connectivity index (χ0) is 52.4. The molecule has 0 fully saturated rings. The molecule has 0 saturated carbocycles. The van der Waals surface area contributed by atoms with Crippen LogP contribution in [-0.4, -0.2) is 9.13 Å². The van der Waals surface area contributed by atoms with Crippen LogP contribution < -0.4 is 0 Å². The number of hydrogen-bond acceptors (Lipinski definition) is 0. The average molecular weight is 1020 g/mol. The molecule has 0 aliphatic heterocycles. The summed E-state index contributed by atoms with van der Waals surface area (Å²) in [6.07, 6.45) is -9.01. The number of fused-ring (bicyclic) bond motifs is 8. The highest BCUT2D eigenvalue weighted by Crippen LogP contribution is 2.47. The van der Waals surface area contributed by atoms with Crippen molar-refractivity contribution in [3.05, 3.63) is 241 Å². The van der Waals surface area contributed by atoms with E-state index < -0.39 is 46.7 Å². The number of benzene rings is 11. The van der Waals surface area contributed by atoms with Crippen LogP contribution in [0.15, 0.2) is 206 Å². The van der Waals surface area contributed by atoms with E-state index in [9.17, 15) is 43.9 Å². The molecule has 0 aliphatic carbocycles. The van der Waals surface area contributed by atoms with Gasteiger partial charge >= 0.3 is 12.4 Å². The molecule has 0 bridgehead atoms. The first-order valence-corrected chi connectivity index (χ1v) is 23.9. The van der Waals surface area contributed by atoms with E-state index in [1.165, 1.54) is 72.8 Å². The van der Waals surface area contributed by atoms with Gasteiger partial charge in [-0.2, -0.15) is 26.3 Å². The van der Waals surface area contributed by atoms with Crippen LogP contribution in [0.2, 0.25) is 0 Å². The molecule has 2 nitrogen and oxygen atoms in total. The molecule has 370 valence electrons. The van der Waals surface area contributed by atoms with Gasteiger partial charge in [0.25, 0.3) is 0 Å². The summed E-state index contributed by atoms with van der Waals surface area (Å²) >= 11 is 0. The molecule has 0 unspecified atom stereocenters. The van der Waals surface area contributed by atoms with Crippen molar-refractivity contribution in [1.82, 2.24) is 9.13 Å². The van der Waals surface area contributed by atoms with Gasteiger partial charge in [0.15, 0.2) is 0 Å². The van der Waals surface area contributed by atoms with Crippen LogP contribution in [0, 0.1) is 23.3 Å². The quantitative estimate of drug-likeness (QED) is 0.116. The maximum absolute atomic E-state index is 14.9. The maximum Gasteiger partial charge on any atom is 0.416 e. The molecule has 2 aromatic heterocycles. The Morgan fingerprint density at radius 3 is 0.776 bits per heavy atom. The molecule has 0 amide bonds. The second-order valence-corrected chi connectivity index (χ2v) is 18.8. The van der Waals surface area contributed by atoms with E-state index in [1.807, 2.05) is 94.1 Å². The van der Waals surface area contributed by atoms with E-state index >= 15 is 0 Å².